The predicted octanol–water partition coefficient (Wildman–Crippen LogP) is 4.77. The largest absolute Gasteiger partial charge is 0.416 e. The Morgan fingerprint density at radius 3 is 2.37 bits per heavy atom. The smallest absolute Gasteiger partial charge is 0.369 e. The number of hydrogen-bond acceptors (Lipinski definition) is 4. The Morgan fingerprint density at radius 2 is 1.74 bits per heavy atom. The summed E-state index contributed by atoms with van der Waals surface area (Å²) in [7, 11) is 0. The first-order chi connectivity index (χ1) is 12.7. The molecule has 1 N–H and O–H groups in total. The summed E-state index contributed by atoms with van der Waals surface area (Å²) >= 11 is 0. The molecule has 0 spiro atoms. The number of nitrogens with zero attached hydrogens (tertiary/aromatic N) is 3. The van der Waals surface area contributed by atoms with E-state index in [2.05, 4.69) is 20.3 Å². The molecule has 0 aliphatic heterocycles. The summed E-state index contributed by atoms with van der Waals surface area (Å²) in [6, 6.07) is 5.65. The molecule has 0 atom stereocenters. The second-order valence-corrected chi connectivity index (χ2v) is 5.63. The first kappa shape index (κ1) is 18.9. The molecule has 0 saturated carbocycles. The molecule has 2 aromatic heterocycles. The van der Waals surface area contributed by atoms with E-state index in [1.165, 1.54) is 12.1 Å². The van der Waals surface area contributed by atoms with Crippen molar-refractivity contribution < 1.29 is 26.3 Å². The molecule has 3 rings (SSSR count). The SMILES string of the molecule is Fc1cnc2nc(C(F)F)nc(NCCc3ccc(C(F)(F)F)cc3)c2c1. The van der Waals surface area contributed by atoms with E-state index in [9.17, 15) is 26.3 Å². The Morgan fingerprint density at radius 1 is 1.04 bits per heavy atom. The standard InChI is InChI=1S/C17H12F6N4/c18-11-7-12-14(26-16(13(19)20)27-15(12)25-8-11)24-6-5-9-1-3-10(4-2-9)17(21,22)23/h1-4,7-8,13H,5-6H2,(H,24,25,26,27). The lowest BCUT2D eigenvalue weighted by atomic mass is 10.1. The van der Waals surface area contributed by atoms with Crippen LogP contribution in [0.4, 0.5) is 32.2 Å². The molecule has 0 aliphatic rings. The van der Waals surface area contributed by atoms with Crippen molar-refractivity contribution in [1.29, 1.82) is 0 Å². The highest BCUT2D eigenvalue weighted by Crippen LogP contribution is 2.29. The zero-order chi connectivity index (χ0) is 19.6. The fraction of sp³-hybridized carbons (Fsp3) is 0.235. The number of hydrogen-bond donors (Lipinski definition) is 1. The average molecular weight is 386 g/mol. The van der Waals surface area contributed by atoms with Crippen molar-refractivity contribution in [2.24, 2.45) is 0 Å². The molecule has 0 fully saturated rings. The highest BCUT2D eigenvalue weighted by molar-refractivity contribution is 5.86. The van der Waals surface area contributed by atoms with Gasteiger partial charge in [0, 0.05) is 6.54 Å². The molecule has 3 aromatic rings. The monoisotopic (exact) mass is 386 g/mol. The van der Waals surface area contributed by atoms with E-state index in [-0.39, 0.29) is 23.4 Å². The summed E-state index contributed by atoms with van der Waals surface area (Å²) in [5.74, 6) is -1.45. The van der Waals surface area contributed by atoms with Crippen molar-refractivity contribution in [3.63, 3.8) is 0 Å². The first-order valence-corrected chi connectivity index (χ1v) is 7.75. The number of halogens is 6. The van der Waals surface area contributed by atoms with E-state index in [0.717, 1.165) is 24.4 Å². The van der Waals surface area contributed by atoms with Gasteiger partial charge in [0.05, 0.1) is 17.1 Å². The van der Waals surface area contributed by atoms with Crippen molar-refractivity contribution in [3.8, 4) is 0 Å². The van der Waals surface area contributed by atoms with Gasteiger partial charge >= 0.3 is 6.18 Å². The molecule has 0 saturated heterocycles. The maximum Gasteiger partial charge on any atom is 0.416 e. The fourth-order valence-corrected chi connectivity index (χ4v) is 2.42. The molecule has 0 aliphatic carbocycles. The number of benzene rings is 1. The van der Waals surface area contributed by atoms with Crippen LogP contribution in [0.2, 0.25) is 0 Å². The van der Waals surface area contributed by atoms with E-state index in [1.807, 2.05) is 0 Å². The molecule has 142 valence electrons. The molecular formula is C17H12F6N4. The normalized spacial score (nSPS) is 12.0. The van der Waals surface area contributed by atoms with Crippen LogP contribution in [0.5, 0.6) is 0 Å². The summed E-state index contributed by atoms with van der Waals surface area (Å²) in [6.07, 6.45) is -6.19. The molecule has 4 nitrogen and oxygen atoms in total. The third-order valence-electron chi connectivity index (χ3n) is 3.72. The zero-order valence-corrected chi connectivity index (χ0v) is 13.6. The number of rotatable bonds is 5. The Labute approximate surface area is 149 Å². The quantitative estimate of drug-likeness (QED) is 0.642. The van der Waals surface area contributed by atoms with Gasteiger partial charge in [0.1, 0.15) is 11.6 Å². The van der Waals surface area contributed by atoms with Gasteiger partial charge in [-0.25, -0.2) is 28.1 Å². The highest BCUT2D eigenvalue weighted by Gasteiger charge is 2.29. The minimum atomic E-state index is -4.42. The molecule has 0 radical (unpaired) electrons. The second kappa shape index (κ2) is 7.37. The predicted molar refractivity (Wildman–Crippen MR) is 85.9 cm³/mol. The van der Waals surface area contributed by atoms with Crippen LogP contribution in [0.25, 0.3) is 11.0 Å². The van der Waals surface area contributed by atoms with Crippen LogP contribution in [0.1, 0.15) is 23.4 Å². The molecular weight excluding hydrogens is 374 g/mol. The van der Waals surface area contributed by atoms with Gasteiger partial charge in [0.15, 0.2) is 11.5 Å². The minimum Gasteiger partial charge on any atom is -0.369 e. The van der Waals surface area contributed by atoms with Crippen molar-refractivity contribution in [1.82, 2.24) is 15.0 Å². The Balaban J connectivity index is 1.77. The number of nitrogens with one attached hydrogen (secondary N) is 1. The number of fused-ring (bicyclic) bond motifs is 1. The Kier molecular flexibility index (Phi) is 5.15. The fourth-order valence-electron chi connectivity index (χ4n) is 2.42. The van der Waals surface area contributed by atoms with Crippen molar-refractivity contribution >= 4 is 16.9 Å². The lowest BCUT2D eigenvalue weighted by Gasteiger charge is -2.11. The molecule has 10 heteroatoms. The minimum absolute atomic E-state index is 0.0192. The van der Waals surface area contributed by atoms with Gasteiger partial charge in [-0.3, -0.25) is 0 Å². The van der Waals surface area contributed by atoms with Gasteiger partial charge in [-0.05, 0) is 30.2 Å². The van der Waals surface area contributed by atoms with Crippen LogP contribution in [-0.4, -0.2) is 21.5 Å². The zero-order valence-electron chi connectivity index (χ0n) is 13.6. The molecule has 2 heterocycles. The van der Waals surface area contributed by atoms with E-state index in [4.69, 9.17) is 0 Å². The summed E-state index contributed by atoms with van der Waals surface area (Å²) in [4.78, 5) is 11.0. The van der Waals surface area contributed by atoms with Crippen LogP contribution in [-0.2, 0) is 12.6 Å². The van der Waals surface area contributed by atoms with Gasteiger partial charge < -0.3 is 5.32 Å². The summed E-state index contributed by atoms with van der Waals surface area (Å²) in [5, 5.41) is 2.92. The molecule has 0 bridgehead atoms. The lowest BCUT2D eigenvalue weighted by Crippen LogP contribution is -2.10. The van der Waals surface area contributed by atoms with E-state index >= 15 is 0 Å². The second-order valence-electron chi connectivity index (χ2n) is 5.63. The summed E-state index contributed by atoms with van der Waals surface area (Å²) in [6.45, 7) is 0.177. The average Bonchev–Trinajstić information content (AvgIpc) is 2.61. The van der Waals surface area contributed by atoms with Crippen molar-refractivity contribution in [2.45, 2.75) is 19.0 Å². The lowest BCUT2D eigenvalue weighted by molar-refractivity contribution is -0.137. The first-order valence-electron chi connectivity index (χ1n) is 7.75. The third kappa shape index (κ3) is 4.44. The van der Waals surface area contributed by atoms with Gasteiger partial charge in [0.25, 0.3) is 6.43 Å². The van der Waals surface area contributed by atoms with Crippen molar-refractivity contribution in [2.75, 3.05) is 11.9 Å². The topological polar surface area (TPSA) is 50.7 Å². The van der Waals surface area contributed by atoms with Gasteiger partial charge in [-0.1, -0.05) is 12.1 Å². The summed E-state index contributed by atoms with van der Waals surface area (Å²) < 4.78 is 76.9. The van der Waals surface area contributed by atoms with Crippen LogP contribution in [0.15, 0.2) is 36.5 Å². The molecule has 27 heavy (non-hydrogen) atoms. The number of anilines is 1. The number of aromatic nitrogens is 3. The summed E-state index contributed by atoms with van der Waals surface area (Å²) in [5.41, 5.74) is -0.241. The molecule has 1 aromatic carbocycles. The maximum absolute atomic E-state index is 13.4. The molecule has 0 unspecified atom stereocenters. The van der Waals surface area contributed by atoms with Crippen LogP contribution < -0.4 is 5.32 Å². The third-order valence-corrected chi connectivity index (χ3v) is 3.72. The van der Waals surface area contributed by atoms with E-state index in [1.54, 1.807) is 0 Å². The number of pyridine rings is 1. The van der Waals surface area contributed by atoms with Crippen LogP contribution in [0, 0.1) is 5.82 Å². The van der Waals surface area contributed by atoms with Gasteiger partial charge in [-0.15, -0.1) is 0 Å². The van der Waals surface area contributed by atoms with Gasteiger partial charge in [-0.2, -0.15) is 13.2 Å². The molecule has 0 amide bonds. The maximum atomic E-state index is 13.4. The van der Waals surface area contributed by atoms with Crippen LogP contribution >= 0.6 is 0 Å². The van der Waals surface area contributed by atoms with E-state index < -0.39 is 29.8 Å². The van der Waals surface area contributed by atoms with Crippen molar-refractivity contribution in [3.05, 3.63) is 59.3 Å². The van der Waals surface area contributed by atoms with Gasteiger partial charge in [0.2, 0.25) is 0 Å². The highest BCUT2D eigenvalue weighted by atomic mass is 19.4. The number of alkyl halides is 5. The van der Waals surface area contributed by atoms with Crippen LogP contribution in [0.3, 0.4) is 0 Å². The Bertz CT molecular complexity index is 941. The Hall–Kier alpha value is -2.91. The van der Waals surface area contributed by atoms with E-state index in [0.29, 0.717) is 12.0 Å².